The molecule has 1 aromatic heterocycles. The van der Waals surface area contributed by atoms with Crippen LogP contribution in [0.2, 0.25) is 5.02 Å². The molecule has 0 aliphatic carbocycles. The van der Waals surface area contributed by atoms with Crippen molar-refractivity contribution in [3.8, 4) is 0 Å². The molecule has 1 aliphatic rings. The summed E-state index contributed by atoms with van der Waals surface area (Å²) in [6, 6.07) is 2.63. The van der Waals surface area contributed by atoms with E-state index in [1.807, 2.05) is 6.07 Å². The van der Waals surface area contributed by atoms with Crippen LogP contribution in [0.25, 0.3) is 0 Å². The topological polar surface area (TPSA) is 15.3 Å². The summed E-state index contributed by atoms with van der Waals surface area (Å²) in [5.74, 6) is 0.747. The molecule has 2 rings (SSSR count). The van der Waals surface area contributed by atoms with Crippen molar-refractivity contribution in [2.75, 3.05) is 19.6 Å². The van der Waals surface area contributed by atoms with Crippen molar-refractivity contribution in [2.24, 2.45) is 5.92 Å². The van der Waals surface area contributed by atoms with Crippen LogP contribution >= 0.6 is 22.9 Å². The molecular formula is C13H21ClN2S. The van der Waals surface area contributed by atoms with Crippen LogP contribution in [0.1, 0.15) is 25.1 Å². The minimum Gasteiger partial charge on any atom is -0.311 e. The highest BCUT2D eigenvalue weighted by Crippen LogP contribution is 2.24. The summed E-state index contributed by atoms with van der Waals surface area (Å²) in [5.41, 5.74) is 0. The lowest BCUT2D eigenvalue weighted by Gasteiger charge is -2.36. The van der Waals surface area contributed by atoms with Gasteiger partial charge in [-0.15, -0.1) is 11.3 Å². The first-order valence-electron chi connectivity index (χ1n) is 6.38. The van der Waals surface area contributed by atoms with E-state index in [0.717, 1.165) is 37.1 Å². The quantitative estimate of drug-likeness (QED) is 0.905. The van der Waals surface area contributed by atoms with Gasteiger partial charge < -0.3 is 5.32 Å². The van der Waals surface area contributed by atoms with Crippen molar-refractivity contribution in [3.63, 3.8) is 0 Å². The van der Waals surface area contributed by atoms with E-state index in [9.17, 15) is 0 Å². The average Bonchev–Trinajstić information content (AvgIpc) is 2.74. The Balaban J connectivity index is 1.91. The Kier molecular flexibility index (Phi) is 4.86. The minimum absolute atomic E-state index is 0.632. The first-order valence-corrected chi connectivity index (χ1v) is 7.64. The number of nitrogens with one attached hydrogen (secondary N) is 1. The van der Waals surface area contributed by atoms with Crippen LogP contribution in [0.5, 0.6) is 0 Å². The van der Waals surface area contributed by atoms with E-state index in [1.54, 1.807) is 11.3 Å². The number of rotatable bonds is 4. The highest BCUT2D eigenvalue weighted by molar-refractivity contribution is 7.10. The number of halogens is 1. The van der Waals surface area contributed by atoms with Gasteiger partial charge in [-0.25, -0.2) is 0 Å². The zero-order valence-corrected chi connectivity index (χ0v) is 12.2. The van der Waals surface area contributed by atoms with Gasteiger partial charge in [-0.3, -0.25) is 4.90 Å². The van der Waals surface area contributed by atoms with Crippen molar-refractivity contribution in [2.45, 2.75) is 32.9 Å². The maximum Gasteiger partial charge on any atom is 0.0558 e. The molecule has 0 amide bonds. The molecule has 0 aromatic carbocycles. The third-order valence-electron chi connectivity index (χ3n) is 3.68. The SMILES string of the molecule is CCC(C)C1CN(Cc2sccc2Cl)CCN1. The van der Waals surface area contributed by atoms with E-state index in [-0.39, 0.29) is 0 Å². The van der Waals surface area contributed by atoms with E-state index in [0.29, 0.717) is 6.04 Å². The molecule has 0 bridgehead atoms. The van der Waals surface area contributed by atoms with E-state index in [2.05, 4.69) is 29.4 Å². The van der Waals surface area contributed by atoms with Crippen LogP contribution in [-0.4, -0.2) is 30.6 Å². The zero-order valence-electron chi connectivity index (χ0n) is 10.6. The Labute approximate surface area is 113 Å². The molecule has 96 valence electrons. The molecule has 0 saturated carbocycles. The molecule has 2 nitrogen and oxygen atoms in total. The Morgan fingerprint density at radius 3 is 3.12 bits per heavy atom. The molecule has 1 N–H and O–H groups in total. The maximum atomic E-state index is 6.15. The number of piperazine rings is 1. The molecule has 1 saturated heterocycles. The van der Waals surface area contributed by atoms with Crippen LogP contribution in [0.15, 0.2) is 11.4 Å². The highest BCUT2D eigenvalue weighted by Gasteiger charge is 2.23. The van der Waals surface area contributed by atoms with E-state index < -0.39 is 0 Å². The van der Waals surface area contributed by atoms with Crippen molar-refractivity contribution >= 4 is 22.9 Å². The standard InChI is InChI=1S/C13H21ClN2S/c1-3-10(2)12-8-16(6-5-15-12)9-13-11(14)4-7-17-13/h4,7,10,12,15H,3,5-6,8-9H2,1-2H3. The second-order valence-corrected chi connectivity index (χ2v) is 6.28. The third-order valence-corrected chi connectivity index (χ3v) is 5.05. The molecule has 17 heavy (non-hydrogen) atoms. The summed E-state index contributed by atoms with van der Waals surface area (Å²) in [5, 5.41) is 6.62. The fourth-order valence-electron chi connectivity index (χ4n) is 2.29. The molecule has 1 aromatic rings. The smallest absolute Gasteiger partial charge is 0.0558 e. The lowest BCUT2D eigenvalue weighted by Crippen LogP contribution is -2.52. The van der Waals surface area contributed by atoms with Crippen molar-refractivity contribution < 1.29 is 0 Å². The fourth-order valence-corrected chi connectivity index (χ4v) is 3.43. The van der Waals surface area contributed by atoms with Gasteiger partial charge in [-0.1, -0.05) is 31.9 Å². The molecule has 2 atom stereocenters. The van der Waals surface area contributed by atoms with Crippen LogP contribution in [-0.2, 0) is 6.54 Å². The Morgan fingerprint density at radius 2 is 2.47 bits per heavy atom. The Bertz CT molecular complexity index is 353. The summed E-state index contributed by atoms with van der Waals surface area (Å²) in [4.78, 5) is 3.82. The van der Waals surface area contributed by atoms with Gasteiger partial charge in [0.05, 0.1) is 5.02 Å². The lowest BCUT2D eigenvalue weighted by molar-refractivity contribution is 0.163. The van der Waals surface area contributed by atoms with E-state index in [4.69, 9.17) is 11.6 Å². The summed E-state index contributed by atoms with van der Waals surface area (Å²) < 4.78 is 0. The summed E-state index contributed by atoms with van der Waals surface area (Å²) in [7, 11) is 0. The highest BCUT2D eigenvalue weighted by atomic mass is 35.5. The Hall–Kier alpha value is -0.0900. The number of thiophene rings is 1. The second kappa shape index (κ2) is 6.19. The van der Waals surface area contributed by atoms with Crippen molar-refractivity contribution in [1.82, 2.24) is 10.2 Å². The largest absolute Gasteiger partial charge is 0.311 e. The molecule has 1 aliphatic heterocycles. The first-order chi connectivity index (χ1) is 8.20. The predicted molar refractivity (Wildman–Crippen MR) is 75.9 cm³/mol. The molecule has 0 radical (unpaired) electrons. The van der Waals surface area contributed by atoms with Gasteiger partial charge in [0, 0.05) is 37.1 Å². The predicted octanol–water partition coefficient (Wildman–Crippen LogP) is 3.22. The molecule has 0 spiro atoms. The molecule has 2 unspecified atom stereocenters. The maximum absolute atomic E-state index is 6.15. The van der Waals surface area contributed by atoms with E-state index in [1.165, 1.54) is 11.3 Å². The molecule has 4 heteroatoms. The summed E-state index contributed by atoms with van der Waals surface area (Å²) >= 11 is 7.92. The van der Waals surface area contributed by atoms with Gasteiger partial charge in [0.25, 0.3) is 0 Å². The monoisotopic (exact) mass is 272 g/mol. The zero-order chi connectivity index (χ0) is 12.3. The van der Waals surface area contributed by atoms with Crippen molar-refractivity contribution in [1.29, 1.82) is 0 Å². The van der Waals surface area contributed by atoms with Gasteiger partial charge in [0.1, 0.15) is 0 Å². The Morgan fingerprint density at radius 1 is 1.65 bits per heavy atom. The number of hydrogen-bond donors (Lipinski definition) is 1. The minimum atomic E-state index is 0.632. The lowest BCUT2D eigenvalue weighted by atomic mass is 9.97. The number of hydrogen-bond acceptors (Lipinski definition) is 3. The van der Waals surface area contributed by atoms with Gasteiger partial charge in [-0.2, -0.15) is 0 Å². The van der Waals surface area contributed by atoms with Gasteiger partial charge >= 0.3 is 0 Å². The van der Waals surface area contributed by atoms with E-state index >= 15 is 0 Å². The first kappa shape index (κ1) is 13.3. The van der Waals surface area contributed by atoms with Crippen LogP contribution in [0, 0.1) is 5.92 Å². The van der Waals surface area contributed by atoms with Gasteiger partial charge in [-0.05, 0) is 17.4 Å². The van der Waals surface area contributed by atoms with Crippen LogP contribution in [0.4, 0.5) is 0 Å². The molecular weight excluding hydrogens is 252 g/mol. The second-order valence-electron chi connectivity index (χ2n) is 4.87. The van der Waals surface area contributed by atoms with Crippen LogP contribution < -0.4 is 5.32 Å². The third kappa shape index (κ3) is 3.44. The molecule has 1 fully saturated rings. The summed E-state index contributed by atoms with van der Waals surface area (Å²) in [6.45, 7) is 8.97. The summed E-state index contributed by atoms with van der Waals surface area (Å²) in [6.07, 6.45) is 1.24. The number of nitrogens with zero attached hydrogens (tertiary/aromatic N) is 1. The average molecular weight is 273 g/mol. The normalized spacial score (nSPS) is 23.8. The van der Waals surface area contributed by atoms with Crippen molar-refractivity contribution in [3.05, 3.63) is 21.3 Å². The van der Waals surface area contributed by atoms with Gasteiger partial charge in [0.2, 0.25) is 0 Å². The molecule has 2 heterocycles. The van der Waals surface area contributed by atoms with Gasteiger partial charge in [0.15, 0.2) is 0 Å². The fraction of sp³-hybridized carbons (Fsp3) is 0.692. The van der Waals surface area contributed by atoms with Crippen LogP contribution in [0.3, 0.4) is 0 Å².